The fraction of sp³-hybridized carbons (Fsp3) is 0.250. The van der Waals surface area contributed by atoms with Gasteiger partial charge in [-0.3, -0.25) is 0 Å². The van der Waals surface area contributed by atoms with E-state index in [1.54, 1.807) is 18.0 Å². The molecule has 0 unspecified atom stereocenters. The fourth-order valence-electron chi connectivity index (χ4n) is 2.94. The van der Waals surface area contributed by atoms with E-state index >= 15 is 0 Å². The molecule has 0 spiro atoms. The number of rotatable bonds is 6. The van der Waals surface area contributed by atoms with Crippen LogP contribution < -0.4 is 9.47 Å². The normalized spacial score (nSPS) is 12.5. The molecule has 6 heteroatoms. The largest absolute Gasteiger partial charge is 0.454 e. The maximum Gasteiger partial charge on any atom is 0.231 e. The maximum atomic E-state index is 9.68. The lowest BCUT2D eigenvalue weighted by Crippen LogP contribution is -2.06. The number of nitrogens with zero attached hydrogens (tertiary/aromatic N) is 2. The van der Waals surface area contributed by atoms with E-state index in [2.05, 4.69) is 34.7 Å². The van der Waals surface area contributed by atoms with Gasteiger partial charge >= 0.3 is 0 Å². The summed E-state index contributed by atoms with van der Waals surface area (Å²) in [5.74, 6) is 2.38. The molecule has 3 aromatic rings. The molecule has 26 heavy (non-hydrogen) atoms. The van der Waals surface area contributed by atoms with Gasteiger partial charge in [0.05, 0.1) is 25.0 Å². The van der Waals surface area contributed by atoms with Crippen LogP contribution in [0.15, 0.2) is 53.8 Å². The Kier molecular flexibility index (Phi) is 4.86. The van der Waals surface area contributed by atoms with Crippen LogP contribution in [0.3, 0.4) is 0 Å². The van der Waals surface area contributed by atoms with Crippen molar-refractivity contribution >= 4 is 11.8 Å². The molecule has 1 aliphatic heterocycles. The molecule has 1 aromatic heterocycles. The van der Waals surface area contributed by atoms with Crippen molar-refractivity contribution in [3.05, 3.63) is 71.0 Å². The molecule has 1 aliphatic rings. The zero-order valence-electron chi connectivity index (χ0n) is 14.5. The molecule has 5 nitrogen and oxygen atoms in total. The number of benzene rings is 2. The van der Waals surface area contributed by atoms with Crippen LogP contribution in [0, 0.1) is 6.92 Å². The SMILES string of the molecule is Cc1ccccc1CSc1ncc(CO)n1Cc1ccc2c(c1)OCO2. The van der Waals surface area contributed by atoms with E-state index in [-0.39, 0.29) is 13.4 Å². The van der Waals surface area contributed by atoms with E-state index < -0.39 is 0 Å². The highest BCUT2D eigenvalue weighted by atomic mass is 32.2. The molecule has 0 saturated heterocycles. The first-order valence-corrected chi connectivity index (χ1v) is 9.44. The van der Waals surface area contributed by atoms with Gasteiger partial charge in [-0.2, -0.15) is 0 Å². The number of hydrogen-bond acceptors (Lipinski definition) is 5. The Morgan fingerprint density at radius 1 is 1.15 bits per heavy atom. The summed E-state index contributed by atoms with van der Waals surface area (Å²) in [5.41, 5.74) is 4.45. The quantitative estimate of drug-likeness (QED) is 0.672. The van der Waals surface area contributed by atoms with Gasteiger partial charge in [0, 0.05) is 5.75 Å². The van der Waals surface area contributed by atoms with Crippen LogP contribution in [0.25, 0.3) is 0 Å². The first-order chi connectivity index (χ1) is 12.7. The van der Waals surface area contributed by atoms with Crippen LogP contribution >= 0.6 is 11.8 Å². The van der Waals surface area contributed by atoms with Crippen molar-refractivity contribution in [3.8, 4) is 11.5 Å². The Bertz CT molecular complexity index is 923. The van der Waals surface area contributed by atoms with Crippen molar-refractivity contribution in [1.82, 2.24) is 9.55 Å². The highest BCUT2D eigenvalue weighted by Gasteiger charge is 2.16. The third kappa shape index (κ3) is 3.43. The molecule has 0 fully saturated rings. The molecule has 134 valence electrons. The van der Waals surface area contributed by atoms with Crippen molar-refractivity contribution in [2.24, 2.45) is 0 Å². The minimum absolute atomic E-state index is 0.0392. The van der Waals surface area contributed by atoms with Crippen molar-refractivity contribution in [2.45, 2.75) is 31.0 Å². The molecule has 2 heterocycles. The zero-order valence-corrected chi connectivity index (χ0v) is 15.3. The Labute approximate surface area is 156 Å². The number of aryl methyl sites for hydroxylation is 1. The summed E-state index contributed by atoms with van der Waals surface area (Å²) in [6.07, 6.45) is 1.74. The molecule has 2 aromatic carbocycles. The summed E-state index contributed by atoms with van der Waals surface area (Å²) in [7, 11) is 0. The smallest absolute Gasteiger partial charge is 0.231 e. The number of fused-ring (bicyclic) bond motifs is 1. The molecule has 0 aliphatic carbocycles. The maximum absolute atomic E-state index is 9.68. The lowest BCUT2D eigenvalue weighted by molar-refractivity contribution is 0.174. The van der Waals surface area contributed by atoms with Gasteiger partial charge in [0.1, 0.15) is 0 Å². The number of thioether (sulfide) groups is 1. The van der Waals surface area contributed by atoms with Crippen molar-refractivity contribution in [1.29, 1.82) is 0 Å². The van der Waals surface area contributed by atoms with Gasteiger partial charge in [0.2, 0.25) is 6.79 Å². The summed E-state index contributed by atoms with van der Waals surface area (Å²) in [6.45, 7) is 2.97. The van der Waals surface area contributed by atoms with Crippen molar-refractivity contribution in [3.63, 3.8) is 0 Å². The Morgan fingerprint density at radius 3 is 2.85 bits per heavy atom. The van der Waals surface area contributed by atoms with E-state index in [9.17, 15) is 5.11 Å². The van der Waals surface area contributed by atoms with Gasteiger partial charge < -0.3 is 19.1 Å². The monoisotopic (exact) mass is 368 g/mol. The van der Waals surface area contributed by atoms with E-state index in [1.165, 1.54) is 11.1 Å². The minimum atomic E-state index is -0.0392. The molecular formula is C20H20N2O3S. The molecular weight excluding hydrogens is 348 g/mol. The highest BCUT2D eigenvalue weighted by Crippen LogP contribution is 2.33. The number of imidazole rings is 1. The van der Waals surface area contributed by atoms with Crippen LogP contribution in [0.2, 0.25) is 0 Å². The van der Waals surface area contributed by atoms with E-state index in [0.29, 0.717) is 6.54 Å². The Balaban J connectivity index is 1.55. The van der Waals surface area contributed by atoms with E-state index in [0.717, 1.165) is 33.7 Å². The van der Waals surface area contributed by atoms with Crippen LogP contribution in [-0.2, 0) is 18.9 Å². The molecule has 0 atom stereocenters. The van der Waals surface area contributed by atoms with Gasteiger partial charge in [0.15, 0.2) is 16.7 Å². The lowest BCUT2D eigenvalue weighted by atomic mass is 10.1. The summed E-state index contributed by atoms with van der Waals surface area (Å²) in [6, 6.07) is 14.3. The third-order valence-electron chi connectivity index (χ3n) is 4.46. The molecule has 0 amide bonds. The van der Waals surface area contributed by atoms with Gasteiger partial charge in [-0.15, -0.1) is 0 Å². The van der Waals surface area contributed by atoms with Crippen LogP contribution in [-0.4, -0.2) is 21.5 Å². The number of hydrogen-bond donors (Lipinski definition) is 1. The Morgan fingerprint density at radius 2 is 2.00 bits per heavy atom. The second-order valence-corrected chi connectivity index (χ2v) is 7.12. The number of aliphatic hydroxyl groups is 1. The topological polar surface area (TPSA) is 56.5 Å². The number of aliphatic hydroxyl groups excluding tert-OH is 1. The second kappa shape index (κ2) is 7.43. The zero-order chi connectivity index (χ0) is 17.9. The Hall–Kier alpha value is -2.44. The highest BCUT2D eigenvalue weighted by molar-refractivity contribution is 7.98. The van der Waals surface area contributed by atoms with Gasteiger partial charge in [0.25, 0.3) is 0 Å². The third-order valence-corrected chi connectivity index (χ3v) is 5.50. The average molecular weight is 368 g/mol. The average Bonchev–Trinajstić information content (AvgIpc) is 3.27. The van der Waals surface area contributed by atoms with Crippen LogP contribution in [0.5, 0.6) is 11.5 Å². The number of aromatic nitrogens is 2. The standard InChI is InChI=1S/C20H20N2O3S/c1-14-4-2-3-5-16(14)12-26-20-21-9-17(11-23)22(20)10-15-6-7-18-19(8-15)25-13-24-18/h2-9,23H,10-13H2,1H3. The fourth-order valence-corrected chi connectivity index (χ4v) is 4.01. The molecule has 1 N–H and O–H groups in total. The molecule has 0 radical (unpaired) electrons. The summed E-state index contributed by atoms with van der Waals surface area (Å²) in [4.78, 5) is 4.51. The second-order valence-electron chi connectivity index (χ2n) is 6.18. The first-order valence-electron chi connectivity index (χ1n) is 8.45. The summed E-state index contributed by atoms with van der Waals surface area (Å²) >= 11 is 1.68. The minimum Gasteiger partial charge on any atom is -0.454 e. The van der Waals surface area contributed by atoms with Crippen LogP contribution in [0.4, 0.5) is 0 Å². The van der Waals surface area contributed by atoms with Crippen molar-refractivity contribution in [2.75, 3.05) is 6.79 Å². The predicted molar refractivity (Wildman–Crippen MR) is 101 cm³/mol. The van der Waals surface area contributed by atoms with Gasteiger partial charge in [-0.1, -0.05) is 42.1 Å². The summed E-state index contributed by atoms with van der Waals surface area (Å²) in [5, 5.41) is 10.6. The molecule has 4 rings (SSSR count). The van der Waals surface area contributed by atoms with Crippen molar-refractivity contribution < 1.29 is 14.6 Å². The lowest BCUT2D eigenvalue weighted by Gasteiger charge is -2.12. The van der Waals surface area contributed by atoms with Gasteiger partial charge in [-0.25, -0.2) is 4.98 Å². The molecule has 0 bridgehead atoms. The van der Waals surface area contributed by atoms with E-state index in [1.807, 2.05) is 24.3 Å². The number of ether oxygens (including phenoxy) is 2. The molecule has 0 saturated carbocycles. The summed E-state index contributed by atoms with van der Waals surface area (Å²) < 4.78 is 12.9. The van der Waals surface area contributed by atoms with Gasteiger partial charge in [-0.05, 0) is 35.7 Å². The predicted octanol–water partition coefficient (Wildman–Crippen LogP) is 3.75. The van der Waals surface area contributed by atoms with Crippen LogP contribution in [0.1, 0.15) is 22.4 Å². The first kappa shape index (κ1) is 17.0. The van der Waals surface area contributed by atoms with E-state index in [4.69, 9.17) is 9.47 Å².